The second kappa shape index (κ2) is 4.73. The van der Waals surface area contributed by atoms with Crippen LogP contribution in [0.1, 0.15) is 13.8 Å². The predicted octanol–water partition coefficient (Wildman–Crippen LogP) is -0.269. The van der Waals surface area contributed by atoms with Crippen molar-refractivity contribution < 1.29 is 9.84 Å². The van der Waals surface area contributed by atoms with Gasteiger partial charge in [0.05, 0.1) is 18.8 Å². The summed E-state index contributed by atoms with van der Waals surface area (Å²) >= 11 is 0. The lowest BCUT2D eigenvalue weighted by Crippen LogP contribution is -2.36. The van der Waals surface area contributed by atoms with Gasteiger partial charge < -0.3 is 15.6 Å². The smallest absolute Gasteiger partial charge is 0.0685 e. The highest BCUT2D eigenvalue weighted by molar-refractivity contribution is 4.65. The molecule has 0 aliphatic carbocycles. The number of hydrogen-bond donors (Lipinski definition) is 2. The summed E-state index contributed by atoms with van der Waals surface area (Å²) in [6.07, 6.45) is -0.475. The van der Waals surface area contributed by atoms with Crippen molar-refractivity contribution in [3.63, 3.8) is 0 Å². The Kier molecular flexibility index (Phi) is 4.67. The summed E-state index contributed by atoms with van der Waals surface area (Å²) in [7, 11) is 0. The molecule has 0 spiro atoms. The SMILES string of the molecule is CCOCC(N)C(C)O. The summed E-state index contributed by atoms with van der Waals surface area (Å²) < 4.78 is 4.97. The molecule has 3 nitrogen and oxygen atoms in total. The Labute approximate surface area is 55.8 Å². The summed E-state index contributed by atoms with van der Waals surface area (Å²) in [6, 6.07) is -0.245. The zero-order chi connectivity index (χ0) is 7.28. The molecule has 0 bridgehead atoms. The Hall–Kier alpha value is -0.120. The number of hydrogen-bond acceptors (Lipinski definition) is 3. The van der Waals surface area contributed by atoms with Crippen LogP contribution in [0.15, 0.2) is 0 Å². The standard InChI is InChI=1S/C6H15NO2/c1-3-9-4-6(7)5(2)8/h5-6,8H,3-4,7H2,1-2H3. The molecule has 0 aromatic heterocycles. The van der Waals surface area contributed by atoms with E-state index in [0.29, 0.717) is 13.2 Å². The third-order valence-corrected chi connectivity index (χ3v) is 1.13. The Morgan fingerprint density at radius 1 is 1.67 bits per heavy atom. The van der Waals surface area contributed by atoms with E-state index in [9.17, 15) is 0 Å². The van der Waals surface area contributed by atoms with Crippen molar-refractivity contribution >= 4 is 0 Å². The second-order valence-electron chi connectivity index (χ2n) is 2.06. The van der Waals surface area contributed by atoms with Crippen LogP contribution in [-0.4, -0.2) is 30.5 Å². The molecule has 0 aromatic rings. The van der Waals surface area contributed by atoms with Crippen LogP contribution in [0.2, 0.25) is 0 Å². The number of aliphatic hydroxyl groups is 1. The molecule has 0 heterocycles. The number of nitrogens with two attached hydrogens (primary N) is 1. The van der Waals surface area contributed by atoms with Crippen molar-refractivity contribution in [3.8, 4) is 0 Å². The molecule has 0 radical (unpaired) electrons. The average Bonchev–Trinajstić information content (AvgIpc) is 1.82. The van der Waals surface area contributed by atoms with E-state index < -0.39 is 6.10 Å². The van der Waals surface area contributed by atoms with Gasteiger partial charge in [-0.15, -0.1) is 0 Å². The normalized spacial score (nSPS) is 17.3. The van der Waals surface area contributed by atoms with Gasteiger partial charge in [-0.3, -0.25) is 0 Å². The molecule has 2 atom stereocenters. The molecule has 0 saturated carbocycles. The minimum atomic E-state index is -0.475. The monoisotopic (exact) mass is 133 g/mol. The minimum Gasteiger partial charge on any atom is -0.392 e. The van der Waals surface area contributed by atoms with Gasteiger partial charge in [-0.2, -0.15) is 0 Å². The third kappa shape index (κ3) is 4.39. The van der Waals surface area contributed by atoms with E-state index >= 15 is 0 Å². The van der Waals surface area contributed by atoms with E-state index in [-0.39, 0.29) is 6.04 Å². The molecule has 3 N–H and O–H groups in total. The number of aliphatic hydroxyl groups excluding tert-OH is 1. The van der Waals surface area contributed by atoms with Gasteiger partial charge in [0.1, 0.15) is 0 Å². The van der Waals surface area contributed by atoms with Crippen LogP contribution in [-0.2, 0) is 4.74 Å². The molecule has 0 rings (SSSR count). The van der Waals surface area contributed by atoms with Crippen LogP contribution in [0.3, 0.4) is 0 Å². The van der Waals surface area contributed by atoms with E-state index in [1.165, 1.54) is 0 Å². The molecule has 0 fully saturated rings. The Balaban J connectivity index is 3.16. The van der Waals surface area contributed by atoms with E-state index in [1.807, 2.05) is 6.92 Å². The fraction of sp³-hybridized carbons (Fsp3) is 1.00. The van der Waals surface area contributed by atoms with Crippen LogP contribution in [0.25, 0.3) is 0 Å². The van der Waals surface area contributed by atoms with Crippen molar-refractivity contribution in [1.82, 2.24) is 0 Å². The minimum absolute atomic E-state index is 0.245. The van der Waals surface area contributed by atoms with Gasteiger partial charge in [-0.25, -0.2) is 0 Å². The van der Waals surface area contributed by atoms with E-state index in [0.717, 1.165) is 0 Å². The zero-order valence-corrected chi connectivity index (χ0v) is 6.00. The van der Waals surface area contributed by atoms with Crippen molar-refractivity contribution in [2.45, 2.75) is 26.0 Å². The molecule has 9 heavy (non-hydrogen) atoms. The molecular weight excluding hydrogens is 118 g/mol. The van der Waals surface area contributed by atoms with Crippen LogP contribution < -0.4 is 5.73 Å². The van der Waals surface area contributed by atoms with E-state index in [2.05, 4.69) is 0 Å². The average molecular weight is 133 g/mol. The molecule has 2 unspecified atom stereocenters. The molecule has 0 aliphatic rings. The van der Waals surface area contributed by atoms with Gasteiger partial charge in [-0.1, -0.05) is 0 Å². The maximum atomic E-state index is 8.84. The molecule has 0 aromatic carbocycles. The lowest BCUT2D eigenvalue weighted by molar-refractivity contribution is 0.0770. The number of rotatable bonds is 4. The predicted molar refractivity (Wildman–Crippen MR) is 36.1 cm³/mol. The van der Waals surface area contributed by atoms with E-state index in [1.54, 1.807) is 6.92 Å². The van der Waals surface area contributed by atoms with E-state index in [4.69, 9.17) is 15.6 Å². The Morgan fingerprint density at radius 3 is 2.56 bits per heavy atom. The van der Waals surface area contributed by atoms with Gasteiger partial charge in [0.2, 0.25) is 0 Å². The first-order valence-electron chi connectivity index (χ1n) is 3.19. The van der Waals surface area contributed by atoms with Crippen LogP contribution in [0.5, 0.6) is 0 Å². The van der Waals surface area contributed by atoms with Crippen LogP contribution in [0, 0.1) is 0 Å². The highest BCUT2D eigenvalue weighted by atomic mass is 16.5. The Morgan fingerprint density at radius 2 is 2.22 bits per heavy atom. The molecule has 3 heteroatoms. The van der Waals surface area contributed by atoms with Crippen LogP contribution in [0.4, 0.5) is 0 Å². The Bertz CT molecular complexity index is 66.1. The maximum absolute atomic E-state index is 8.84. The first-order valence-corrected chi connectivity index (χ1v) is 3.19. The summed E-state index contributed by atoms with van der Waals surface area (Å²) in [4.78, 5) is 0. The van der Waals surface area contributed by atoms with Crippen molar-refractivity contribution in [3.05, 3.63) is 0 Å². The van der Waals surface area contributed by atoms with Crippen LogP contribution >= 0.6 is 0 Å². The molecule has 0 amide bonds. The summed E-state index contributed by atoms with van der Waals surface area (Å²) in [5.74, 6) is 0. The lowest BCUT2D eigenvalue weighted by atomic mass is 10.2. The largest absolute Gasteiger partial charge is 0.392 e. The molecule has 56 valence electrons. The topological polar surface area (TPSA) is 55.5 Å². The van der Waals surface area contributed by atoms with Gasteiger partial charge in [0.25, 0.3) is 0 Å². The van der Waals surface area contributed by atoms with Gasteiger partial charge >= 0.3 is 0 Å². The summed E-state index contributed by atoms with van der Waals surface area (Å²) in [5.41, 5.74) is 5.43. The van der Waals surface area contributed by atoms with Gasteiger partial charge in [0.15, 0.2) is 0 Å². The fourth-order valence-corrected chi connectivity index (χ4v) is 0.393. The summed E-state index contributed by atoms with van der Waals surface area (Å²) in [6.45, 7) is 4.65. The quantitative estimate of drug-likeness (QED) is 0.555. The van der Waals surface area contributed by atoms with Crippen molar-refractivity contribution in [2.75, 3.05) is 13.2 Å². The van der Waals surface area contributed by atoms with Gasteiger partial charge in [-0.05, 0) is 13.8 Å². The zero-order valence-electron chi connectivity index (χ0n) is 6.00. The molecular formula is C6H15NO2. The first kappa shape index (κ1) is 8.88. The lowest BCUT2D eigenvalue weighted by Gasteiger charge is -2.13. The highest BCUT2D eigenvalue weighted by Gasteiger charge is 2.07. The third-order valence-electron chi connectivity index (χ3n) is 1.13. The van der Waals surface area contributed by atoms with Gasteiger partial charge in [0, 0.05) is 6.61 Å². The molecule has 0 saturated heterocycles. The highest BCUT2D eigenvalue weighted by Crippen LogP contribution is 1.88. The summed E-state index contributed by atoms with van der Waals surface area (Å²) in [5, 5.41) is 8.84. The maximum Gasteiger partial charge on any atom is 0.0685 e. The number of ether oxygens (including phenoxy) is 1. The second-order valence-corrected chi connectivity index (χ2v) is 2.06. The fourth-order valence-electron chi connectivity index (χ4n) is 0.393. The van der Waals surface area contributed by atoms with Crippen molar-refractivity contribution in [1.29, 1.82) is 0 Å². The first-order chi connectivity index (χ1) is 4.18. The van der Waals surface area contributed by atoms with Crippen molar-refractivity contribution in [2.24, 2.45) is 5.73 Å². The molecule has 0 aliphatic heterocycles.